The van der Waals surface area contributed by atoms with E-state index in [9.17, 15) is 18.9 Å². The van der Waals surface area contributed by atoms with Crippen LogP contribution in [0, 0.1) is 0 Å². The van der Waals surface area contributed by atoms with Gasteiger partial charge >= 0.3 is 15.6 Å². The maximum atomic E-state index is 12.5. The first-order chi connectivity index (χ1) is 13.5. The molecule has 29 heavy (non-hydrogen) atoms. The summed E-state index contributed by atoms with van der Waals surface area (Å²) in [7, 11) is -8.89. The first kappa shape index (κ1) is 24.4. The lowest BCUT2D eigenvalue weighted by Gasteiger charge is -2.29. The summed E-state index contributed by atoms with van der Waals surface area (Å²) in [5, 5.41) is 0. The van der Waals surface area contributed by atoms with Gasteiger partial charge in [-0.1, -0.05) is 29.4 Å². The normalized spacial score (nSPS) is 27.4. The molecule has 0 spiro atoms. The van der Waals surface area contributed by atoms with Gasteiger partial charge in [0.1, 0.15) is 6.10 Å². The molecule has 8 nitrogen and oxygen atoms in total. The molecule has 0 radical (unpaired) electrons. The molecule has 0 aliphatic heterocycles. The zero-order valence-corrected chi connectivity index (χ0v) is 19.1. The van der Waals surface area contributed by atoms with E-state index in [2.05, 4.69) is 32.9 Å². The zero-order chi connectivity index (χ0) is 21.7. The van der Waals surface area contributed by atoms with Crippen LogP contribution >= 0.6 is 15.6 Å². The molecule has 3 unspecified atom stereocenters. The van der Waals surface area contributed by atoms with E-state index in [0.29, 0.717) is 0 Å². The van der Waals surface area contributed by atoms with Crippen LogP contribution in [0.4, 0.5) is 0 Å². The molecule has 2 aliphatic carbocycles. The van der Waals surface area contributed by atoms with Gasteiger partial charge in [0, 0.05) is 0 Å². The van der Waals surface area contributed by atoms with E-state index >= 15 is 0 Å². The fraction of sp³-hybridized carbons (Fsp3) is 0.579. The van der Waals surface area contributed by atoms with E-state index in [1.807, 2.05) is 19.9 Å². The summed E-state index contributed by atoms with van der Waals surface area (Å²) in [6.07, 6.45) is 10.4. The van der Waals surface area contributed by atoms with Gasteiger partial charge in [-0.3, -0.25) is 4.52 Å². The van der Waals surface area contributed by atoms with Crippen molar-refractivity contribution in [1.82, 2.24) is 0 Å². The van der Waals surface area contributed by atoms with Crippen molar-refractivity contribution in [2.75, 3.05) is 7.11 Å². The maximum Gasteiger partial charge on any atom is 0.508 e. The minimum Gasteiger partial charge on any atom is -0.302 e. The summed E-state index contributed by atoms with van der Waals surface area (Å²) >= 11 is 0. The van der Waals surface area contributed by atoms with Crippen molar-refractivity contribution in [3.8, 4) is 0 Å². The van der Waals surface area contributed by atoms with Crippen LogP contribution < -0.4 is 0 Å². The smallest absolute Gasteiger partial charge is 0.302 e. The lowest BCUT2D eigenvalue weighted by molar-refractivity contribution is -0.194. The molecule has 10 heteroatoms. The second-order valence-electron chi connectivity index (χ2n) is 7.28. The standard InChI is InChI=1S/C19H30O8P2/c1-14-8-5-11-16(3)19(25-28(20,21)27-29(22,23)26-24-4)18-15(2)10-7-13-17(18)12-6-9-14/h9,11,13,19H,5-8,10,12H2,1-4H3,(H,20,21)(H,22,23)/b14-9+,16-11?. The van der Waals surface area contributed by atoms with Gasteiger partial charge in [-0.05, 0) is 76.0 Å². The highest BCUT2D eigenvalue weighted by Gasteiger charge is 2.40. The first-order valence-electron chi connectivity index (χ1n) is 9.53. The average molecular weight is 448 g/mol. The van der Waals surface area contributed by atoms with Crippen LogP contribution in [0.3, 0.4) is 0 Å². The van der Waals surface area contributed by atoms with E-state index < -0.39 is 21.7 Å². The van der Waals surface area contributed by atoms with Crippen LogP contribution in [0.2, 0.25) is 0 Å². The van der Waals surface area contributed by atoms with Crippen molar-refractivity contribution in [1.29, 1.82) is 0 Å². The number of rotatable bonds is 6. The SMILES string of the molecule is COOP(=O)(O)OP(=O)(O)OC1C(C)=CCC/C(C)=C/CCC2=CCCC(C)=C21. The molecule has 0 heterocycles. The molecule has 3 atom stereocenters. The quantitative estimate of drug-likeness (QED) is 0.231. The largest absolute Gasteiger partial charge is 0.508 e. The van der Waals surface area contributed by atoms with E-state index in [1.165, 1.54) is 5.57 Å². The third kappa shape index (κ3) is 7.42. The molecule has 2 N–H and O–H groups in total. The van der Waals surface area contributed by atoms with Crippen LogP contribution in [0.5, 0.6) is 0 Å². The zero-order valence-electron chi connectivity index (χ0n) is 17.3. The van der Waals surface area contributed by atoms with E-state index in [4.69, 9.17) is 4.52 Å². The van der Waals surface area contributed by atoms with Gasteiger partial charge in [-0.2, -0.15) is 4.31 Å². The molecule has 0 fully saturated rings. The summed E-state index contributed by atoms with van der Waals surface area (Å²) in [5.74, 6) is 0. The van der Waals surface area contributed by atoms with Crippen LogP contribution in [0.15, 0.2) is 46.1 Å². The Morgan fingerprint density at radius 3 is 2.28 bits per heavy atom. The van der Waals surface area contributed by atoms with Gasteiger partial charge in [-0.25, -0.2) is 14.0 Å². The van der Waals surface area contributed by atoms with E-state index in [0.717, 1.165) is 67.9 Å². The van der Waals surface area contributed by atoms with Gasteiger partial charge < -0.3 is 9.79 Å². The topological polar surface area (TPSA) is 112 Å². The summed E-state index contributed by atoms with van der Waals surface area (Å²) in [5.41, 5.74) is 4.97. The molecule has 0 saturated carbocycles. The molecule has 0 aromatic rings. The first-order valence-corrected chi connectivity index (χ1v) is 12.5. The highest BCUT2D eigenvalue weighted by molar-refractivity contribution is 7.61. The molecule has 164 valence electrons. The molecule has 0 amide bonds. The predicted octanol–water partition coefficient (Wildman–Crippen LogP) is 5.67. The molecular weight excluding hydrogens is 418 g/mol. The Morgan fingerprint density at radius 1 is 0.931 bits per heavy atom. The second kappa shape index (κ2) is 10.5. The van der Waals surface area contributed by atoms with Gasteiger partial charge in [0.15, 0.2) is 0 Å². The molecule has 0 aromatic heterocycles. The Morgan fingerprint density at radius 2 is 1.59 bits per heavy atom. The Balaban J connectivity index is 2.41. The lowest BCUT2D eigenvalue weighted by Crippen LogP contribution is -2.21. The highest BCUT2D eigenvalue weighted by atomic mass is 31.3. The lowest BCUT2D eigenvalue weighted by atomic mass is 9.84. The number of phosphoric ester groups is 1. The van der Waals surface area contributed by atoms with Crippen LogP contribution in [-0.4, -0.2) is 23.0 Å². The fourth-order valence-corrected chi connectivity index (χ4v) is 5.61. The number of fused-ring (bicyclic) bond motifs is 1. The van der Waals surface area contributed by atoms with Gasteiger partial charge in [-0.15, -0.1) is 4.67 Å². The molecule has 0 bridgehead atoms. The molecule has 0 saturated heterocycles. The third-order valence-electron chi connectivity index (χ3n) is 4.92. The predicted molar refractivity (Wildman–Crippen MR) is 110 cm³/mol. The molecular formula is C19H30O8P2. The summed E-state index contributed by atoms with van der Waals surface area (Å²) < 4.78 is 38.1. The number of hydrogen-bond donors (Lipinski definition) is 2. The molecule has 2 rings (SSSR count). The van der Waals surface area contributed by atoms with Gasteiger partial charge in [0.25, 0.3) is 0 Å². The summed E-state index contributed by atoms with van der Waals surface area (Å²) in [6.45, 7) is 5.88. The highest BCUT2D eigenvalue weighted by Crippen LogP contribution is 2.62. The summed E-state index contributed by atoms with van der Waals surface area (Å²) in [6, 6.07) is 0. The van der Waals surface area contributed by atoms with E-state index in [-0.39, 0.29) is 0 Å². The second-order valence-corrected chi connectivity index (χ2v) is 10.2. The van der Waals surface area contributed by atoms with Crippen molar-refractivity contribution >= 4 is 15.6 Å². The molecule has 0 aromatic carbocycles. The van der Waals surface area contributed by atoms with E-state index in [1.54, 1.807) is 0 Å². The Labute approximate surface area is 172 Å². The van der Waals surface area contributed by atoms with Gasteiger partial charge in [0.05, 0.1) is 7.11 Å². The minimum absolute atomic E-state index is 0.736. The average Bonchev–Trinajstić information content (AvgIpc) is 2.60. The maximum absolute atomic E-state index is 12.5. The van der Waals surface area contributed by atoms with Crippen molar-refractivity contribution in [2.24, 2.45) is 0 Å². The monoisotopic (exact) mass is 448 g/mol. The molecule has 2 aliphatic rings. The fourth-order valence-electron chi connectivity index (χ4n) is 3.58. The van der Waals surface area contributed by atoms with Crippen LogP contribution in [0.1, 0.15) is 59.3 Å². The van der Waals surface area contributed by atoms with Gasteiger partial charge in [0.2, 0.25) is 0 Å². The van der Waals surface area contributed by atoms with Crippen molar-refractivity contribution < 1.29 is 37.3 Å². The summed E-state index contributed by atoms with van der Waals surface area (Å²) in [4.78, 5) is 23.8. The third-order valence-corrected chi connectivity index (χ3v) is 7.38. The van der Waals surface area contributed by atoms with Crippen LogP contribution in [-0.2, 0) is 27.5 Å². The van der Waals surface area contributed by atoms with Crippen LogP contribution in [0.25, 0.3) is 0 Å². The Hall–Kier alpha value is -0.820. The van der Waals surface area contributed by atoms with Crippen molar-refractivity contribution in [3.05, 3.63) is 46.1 Å². The minimum atomic E-state index is -4.95. The Kier molecular flexibility index (Phi) is 8.83. The number of hydrogen-bond acceptors (Lipinski definition) is 6. The Bertz CT molecular complexity index is 824. The van der Waals surface area contributed by atoms with Crippen molar-refractivity contribution in [3.63, 3.8) is 0 Å². The van der Waals surface area contributed by atoms with Crippen molar-refractivity contribution in [2.45, 2.75) is 65.4 Å². The number of phosphoric acid groups is 2. The number of allylic oxidation sites excluding steroid dienone is 5.